The Balaban J connectivity index is 2.21. The van der Waals surface area contributed by atoms with Gasteiger partial charge in [0.15, 0.2) is 0 Å². The summed E-state index contributed by atoms with van der Waals surface area (Å²) in [5.41, 5.74) is 1.41. The van der Waals surface area contributed by atoms with Crippen LogP contribution in [0.3, 0.4) is 0 Å². The molecule has 0 spiro atoms. The monoisotopic (exact) mass is 265 g/mol. The zero-order valence-corrected chi connectivity index (χ0v) is 11.4. The molecular weight excluding hydrogens is 245 g/mol. The van der Waals surface area contributed by atoms with Gasteiger partial charge in [0.2, 0.25) is 0 Å². The van der Waals surface area contributed by atoms with Crippen LogP contribution in [0.15, 0.2) is 18.2 Å². The summed E-state index contributed by atoms with van der Waals surface area (Å²) in [5.74, 6) is 0.723. The largest absolute Gasteiger partial charge is 0.497 e. The third-order valence-corrected chi connectivity index (χ3v) is 3.51. The van der Waals surface area contributed by atoms with Gasteiger partial charge in [0.1, 0.15) is 5.75 Å². The van der Waals surface area contributed by atoms with E-state index >= 15 is 0 Å². The molecule has 104 valence electrons. The third kappa shape index (κ3) is 3.48. The van der Waals surface area contributed by atoms with Crippen LogP contribution >= 0.6 is 0 Å². The topological polar surface area (TPSA) is 62.2 Å². The first-order chi connectivity index (χ1) is 9.11. The smallest absolute Gasteiger partial charge is 0.488 e. The minimum Gasteiger partial charge on any atom is -0.497 e. The highest BCUT2D eigenvalue weighted by Crippen LogP contribution is 2.16. The van der Waals surface area contributed by atoms with E-state index in [0.29, 0.717) is 31.3 Å². The van der Waals surface area contributed by atoms with Crippen LogP contribution in [0.25, 0.3) is 0 Å². The van der Waals surface area contributed by atoms with Gasteiger partial charge in [-0.2, -0.15) is 0 Å². The fourth-order valence-electron chi connectivity index (χ4n) is 2.31. The SMILES string of the molecule is COc1ccc(B(O)O)c(CN2CCOCC2C)c1. The van der Waals surface area contributed by atoms with Crippen LogP contribution in [0, 0.1) is 0 Å². The lowest BCUT2D eigenvalue weighted by atomic mass is 9.76. The highest BCUT2D eigenvalue weighted by atomic mass is 16.5. The molecule has 0 aromatic heterocycles. The molecule has 2 rings (SSSR count). The summed E-state index contributed by atoms with van der Waals surface area (Å²) in [6, 6.07) is 5.62. The zero-order valence-electron chi connectivity index (χ0n) is 11.4. The molecule has 1 aromatic carbocycles. The van der Waals surface area contributed by atoms with Crippen LogP contribution < -0.4 is 10.2 Å². The highest BCUT2D eigenvalue weighted by Gasteiger charge is 2.23. The maximum absolute atomic E-state index is 9.44. The zero-order chi connectivity index (χ0) is 13.8. The molecule has 0 bridgehead atoms. The van der Waals surface area contributed by atoms with Crippen molar-refractivity contribution in [2.75, 3.05) is 26.9 Å². The van der Waals surface area contributed by atoms with E-state index in [1.165, 1.54) is 0 Å². The number of benzene rings is 1. The fourth-order valence-corrected chi connectivity index (χ4v) is 2.31. The second-order valence-corrected chi connectivity index (χ2v) is 4.83. The molecule has 1 aromatic rings. The lowest BCUT2D eigenvalue weighted by Gasteiger charge is -2.33. The first-order valence-corrected chi connectivity index (χ1v) is 6.46. The Morgan fingerprint density at radius 1 is 1.47 bits per heavy atom. The van der Waals surface area contributed by atoms with E-state index in [9.17, 15) is 10.0 Å². The van der Waals surface area contributed by atoms with E-state index in [0.717, 1.165) is 17.9 Å². The molecule has 1 fully saturated rings. The van der Waals surface area contributed by atoms with Gasteiger partial charge in [-0.3, -0.25) is 4.90 Å². The Bertz CT molecular complexity index is 427. The molecule has 0 radical (unpaired) electrons. The van der Waals surface area contributed by atoms with E-state index in [2.05, 4.69) is 11.8 Å². The van der Waals surface area contributed by atoms with Crippen LogP contribution in [0.5, 0.6) is 5.75 Å². The molecule has 0 amide bonds. The average Bonchev–Trinajstić information content (AvgIpc) is 2.41. The molecule has 6 heteroatoms. The van der Waals surface area contributed by atoms with Crippen molar-refractivity contribution in [1.82, 2.24) is 4.90 Å². The van der Waals surface area contributed by atoms with Gasteiger partial charge in [-0.15, -0.1) is 0 Å². The second-order valence-electron chi connectivity index (χ2n) is 4.83. The molecule has 1 aliphatic rings. The van der Waals surface area contributed by atoms with E-state index in [4.69, 9.17) is 9.47 Å². The molecule has 19 heavy (non-hydrogen) atoms. The first-order valence-electron chi connectivity index (χ1n) is 6.46. The Hall–Kier alpha value is -1.08. The molecule has 0 saturated carbocycles. The lowest BCUT2D eigenvalue weighted by molar-refractivity contribution is -0.00428. The maximum atomic E-state index is 9.44. The number of morpholine rings is 1. The summed E-state index contributed by atoms with van der Waals surface area (Å²) in [6.07, 6.45) is 0. The molecule has 1 aliphatic heterocycles. The molecule has 1 unspecified atom stereocenters. The van der Waals surface area contributed by atoms with Gasteiger partial charge >= 0.3 is 7.12 Å². The maximum Gasteiger partial charge on any atom is 0.488 e. The van der Waals surface area contributed by atoms with E-state index < -0.39 is 7.12 Å². The molecular formula is C13H20BNO4. The van der Waals surface area contributed by atoms with Crippen molar-refractivity contribution in [3.63, 3.8) is 0 Å². The fraction of sp³-hybridized carbons (Fsp3) is 0.538. The van der Waals surface area contributed by atoms with Gasteiger partial charge < -0.3 is 19.5 Å². The molecule has 2 N–H and O–H groups in total. The van der Waals surface area contributed by atoms with Crippen molar-refractivity contribution < 1.29 is 19.5 Å². The first kappa shape index (κ1) is 14.3. The van der Waals surface area contributed by atoms with Crippen molar-refractivity contribution in [3.05, 3.63) is 23.8 Å². The molecule has 1 atom stereocenters. The van der Waals surface area contributed by atoms with Crippen LogP contribution in [0.2, 0.25) is 0 Å². The number of rotatable bonds is 4. The number of ether oxygens (including phenoxy) is 2. The van der Waals surface area contributed by atoms with Crippen LogP contribution in [0.4, 0.5) is 0 Å². The van der Waals surface area contributed by atoms with Gasteiger partial charge in [0, 0.05) is 19.1 Å². The second kappa shape index (κ2) is 6.39. The standard InChI is InChI=1S/C13H20BNO4/c1-10-9-19-6-5-15(10)8-11-7-12(18-2)3-4-13(11)14(16)17/h3-4,7,10,16-17H,5-6,8-9H2,1-2H3. The molecule has 1 heterocycles. The summed E-state index contributed by atoms with van der Waals surface area (Å²) in [5, 5.41) is 18.9. The predicted octanol–water partition coefficient (Wildman–Crippen LogP) is -0.404. The number of nitrogens with zero attached hydrogens (tertiary/aromatic N) is 1. The third-order valence-electron chi connectivity index (χ3n) is 3.51. The van der Waals surface area contributed by atoms with Gasteiger partial charge in [-0.1, -0.05) is 6.07 Å². The van der Waals surface area contributed by atoms with Gasteiger partial charge in [-0.25, -0.2) is 0 Å². The number of methoxy groups -OCH3 is 1. The van der Waals surface area contributed by atoms with Crippen LogP contribution in [-0.4, -0.2) is 55.0 Å². The van der Waals surface area contributed by atoms with Gasteiger partial charge in [-0.05, 0) is 30.1 Å². The van der Waals surface area contributed by atoms with Crippen molar-refractivity contribution in [2.24, 2.45) is 0 Å². The Kier molecular flexibility index (Phi) is 4.82. The Morgan fingerprint density at radius 3 is 2.89 bits per heavy atom. The minimum absolute atomic E-state index is 0.323. The van der Waals surface area contributed by atoms with Crippen molar-refractivity contribution in [2.45, 2.75) is 19.5 Å². The van der Waals surface area contributed by atoms with Crippen molar-refractivity contribution >= 4 is 12.6 Å². The van der Waals surface area contributed by atoms with E-state index in [-0.39, 0.29) is 0 Å². The summed E-state index contributed by atoms with van der Waals surface area (Å²) in [4.78, 5) is 2.27. The highest BCUT2D eigenvalue weighted by molar-refractivity contribution is 6.59. The van der Waals surface area contributed by atoms with E-state index in [1.54, 1.807) is 19.2 Å². The lowest BCUT2D eigenvalue weighted by Crippen LogP contribution is -2.45. The van der Waals surface area contributed by atoms with E-state index in [1.807, 2.05) is 6.07 Å². The number of hydrogen-bond acceptors (Lipinski definition) is 5. The Labute approximate surface area is 113 Å². The molecule has 5 nitrogen and oxygen atoms in total. The predicted molar refractivity (Wildman–Crippen MR) is 73.5 cm³/mol. The quantitative estimate of drug-likeness (QED) is 0.725. The van der Waals surface area contributed by atoms with Crippen molar-refractivity contribution in [3.8, 4) is 5.75 Å². The van der Waals surface area contributed by atoms with Crippen LogP contribution in [-0.2, 0) is 11.3 Å². The number of hydrogen-bond donors (Lipinski definition) is 2. The minimum atomic E-state index is -1.46. The summed E-state index contributed by atoms with van der Waals surface area (Å²) >= 11 is 0. The molecule has 1 saturated heterocycles. The molecule has 0 aliphatic carbocycles. The Morgan fingerprint density at radius 2 is 2.26 bits per heavy atom. The van der Waals surface area contributed by atoms with Gasteiger partial charge in [0.05, 0.1) is 20.3 Å². The van der Waals surface area contributed by atoms with Crippen LogP contribution in [0.1, 0.15) is 12.5 Å². The summed E-state index contributed by atoms with van der Waals surface area (Å²) in [6.45, 7) is 5.04. The summed E-state index contributed by atoms with van der Waals surface area (Å²) < 4.78 is 10.6. The van der Waals surface area contributed by atoms with Crippen molar-refractivity contribution in [1.29, 1.82) is 0 Å². The summed E-state index contributed by atoms with van der Waals surface area (Å²) in [7, 11) is 0.142. The average molecular weight is 265 g/mol. The van der Waals surface area contributed by atoms with Gasteiger partial charge in [0.25, 0.3) is 0 Å². The normalized spacial score (nSPS) is 20.3.